The first kappa shape index (κ1) is 19.9. The highest BCUT2D eigenvalue weighted by molar-refractivity contribution is 6.30. The zero-order valence-electron chi connectivity index (χ0n) is 16.7. The van der Waals surface area contributed by atoms with E-state index in [9.17, 15) is 9.59 Å². The maximum atomic E-state index is 13.0. The van der Waals surface area contributed by atoms with Crippen molar-refractivity contribution < 1.29 is 9.59 Å². The predicted octanol–water partition coefficient (Wildman–Crippen LogP) is 3.60. The quantitative estimate of drug-likeness (QED) is 0.772. The van der Waals surface area contributed by atoms with E-state index in [1.807, 2.05) is 47.1 Å². The maximum absolute atomic E-state index is 13.0. The van der Waals surface area contributed by atoms with E-state index in [0.717, 1.165) is 61.0 Å². The molecule has 2 amide bonds. The average molecular weight is 412 g/mol. The highest BCUT2D eigenvalue weighted by atomic mass is 35.5. The van der Waals surface area contributed by atoms with Crippen molar-refractivity contribution >= 4 is 29.1 Å². The number of rotatable bonds is 4. The molecule has 5 nitrogen and oxygen atoms in total. The monoisotopic (exact) mass is 411 g/mol. The molecule has 0 N–H and O–H groups in total. The lowest BCUT2D eigenvalue weighted by Gasteiger charge is -2.35. The van der Waals surface area contributed by atoms with Crippen molar-refractivity contribution in [1.82, 2.24) is 9.80 Å². The van der Waals surface area contributed by atoms with E-state index in [-0.39, 0.29) is 11.8 Å². The summed E-state index contributed by atoms with van der Waals surface area (Å²) in [6.07, 6.45) is 1.32. The fourth-order valence-electron chi connectivity index (χ4n) is 4.12. The Labute approximate surface area is 176 Å². The summed E-state index contributed by atoms with van der Waals surface area (Å²) in [5, 5.41) is 0.751. The third kappa shape index (κ3) is 4.31. The Morgan fingerprint density at radius 2 is 1.69 bits per heavy atom. The fourth-order valence-corrected chi connectivity index (χ4v) is 4.25. The number of fused-ring (bicyclic) bond motifs is 1. The fraction of sp³-hybridized carbons (Fsp3) is 0.391. The van der Waals surface area contributed by atoms with Gasteiger partial charge in [0, 0.05) is 62.0 Å². The summed E-state index contributed by atoms with van der Waals surface area (Å²) in [5.41, 5.74) is 4.01. The number of piperazine rings is 1. The van der Waals surface area contributed by atoms with Gasteiger partial charge in [0.1, 0.15) is 0 Å². The van der Waals surface area contributed by atoms with E-state index >= 15 is 0 Å². The second-order valence-corrected chi connectivity index (χ2v) is 8.12. The van der Waals surface area contributed by atoms with E-state index in [2.05, 4.69) is 17.0 Å². The molecule has 2 aromatic carbocycles. The van der Waals surface area contributed by atoms with Crippen molar-refractivity contribution in [2.75, 3.05) is 37.6 Å². The lowest BCUT2D eigenvalue weighted by molar-refractivity contribution is -0.118. The number of carbonyl (C=O) groups is 2. The summed E-state index contributed by atoms with van der Waals surface area (Å²) in [6, 6.07) is 13.7. The Hall–Kier alpha value is -2.37. The van der Waals surface area contributed by atoms with Crippen LogP contribution in [0.5, 0.6) is 0 Å². The molecule has 0 aromatic heterocycles. The van der Waals surface area contributed by atoms with Gasteiger partial charge in [0.2, 0.25) is 5.91 Å². The summed E-state index contributed by atoms with van der Waals surface area (Å²) in [7, 11) is 0. The van der Waals surface area contributed by atoms with E-state index in [4.69, 9.17) is 11.6 Å². The van der Waals surface area contributed by atoms with Crippen molar-refractivity contribution in [3.8, 4) is 0 Å². The Balaban J connectivity index is 1.36. The summed E-state index contributed by atoms with van der Waals surface area (Å²) >= 11 is 5.96. The Morgan fingerprint density at radius 3 is 2.38 bits per heavy atom. The van der Waals surface area contributed by atoms with Crippen molar-refractivity contribution in [2.24, 2.45) is 0 Å². The normalized spacial score (nSPS) is 16.8. The molecule has 2 aliphatic heterocycles. The van der Waals surface area contributed by atoms with Gasteiger partial charge in [-0.3, -0.25) is 14.5 Å². The largest absolute Gasteiger partial charge is 0.336 e. The maximum Gasteiger partial charge on any atom is 0.253 e. The van der Waals surface area contributed by atoms with Crippen LogP contribution in [0.1, 0.15) is 34.8 Å². The minimum absolute atomic E-state index is 0.0826. The van der Waals surface area contributed by atoms with Gasteiger partial charge in [-0.15, -0.1) is 0 Å². The number of benzene rings is 2. The molecule has 2 aliphatic rings. The minimum Gasteiger partial charge on any atom is -0.336 e. The standard InChI is InChI=1S/C23H26ClN3O2/c1-2-22(28)27-10-9-18-15-19(5-8-21(18)27)23(29)26-13-11-25(12-14-26)16-17-3-6-20(24)7-4-17/h3-8,15H,2,9-14,16H2,1H3. The number of halogens is 1. The second kappa shape index (κ2) is 8.56. The third-order valence-corrected chi connectivity index (χ3v) is 6.06. The average Bonchev–Trinajstić information content (AvgIpc) is 3.18. The van der Waals surface area contributed by atoms with Gasteiger partial charge < -0.3 is 9.80 Å². The zero-order valence-corrected chi connectivity index (χ0v) is 17.5. The van der Waals surface area contributed by atoms with Crippen molar-refractivity contribution in [1.29, 1.82) is 0 Å². The highest BCUT2D eigenvalue weighted by Gasteiger charge is 2.26. The van der Waals surface area contributed by atoms with Crippen LogP contribution in [0.3, 0.4) is 0 Å². The van der Waals surface area contributed by atoms with Crippen LogP contribution in [0, 0.1) is 0 Å². The summed E-state index contributed by atoms with van der Waals surface area (Å²) < 4.78 is 0. The number of anilines is 1. The van der Waals surface area contributed by atoms with Crippen LogP contribution >= 0.6 is 11.6 Å². The van der Waals surface area contributed by atoms with E-state index in [1.165, 1.54) is 5.56 Å². The van der Waals surface area contributed by atoms with Crippen molar-refractivity contribution in [3.63, 3.8) is 0 Å². The van der Waals surface area contributed by atoms with Crippen LogP contribution in [0.2, 0.25) is 5.02 Å². The van der Waals surface area contributed by atoms with E-state index in [1.54, 1.807) is 0 Å². The predicted molar refractivity (Wildman–Crippen MR) is 115 cm³/mol. The molecule has 2 aromatic rings. The lowest BCUT2D eigenvalue weighted by atomic mass is 10.1. The molecule has 4 rings (SSSR count). The molecule has 1 fully saturated rings. The number of nitrogens with zero attached hydrogens (tertiary/aromatic N) is 3. The van der Waals surface area contributed by atoms with E-state index in [0.29, 0.717) is 13.0 Å². The molecule has 0 atom stereocenters. The second-order valence-electron chi connectivity index (χ2n) is 7.69. The molecule has 0 radical (unpaired) electrons. The van der Waals surface area contributed by atoms with Crippen LogP contribution in [0.25, 0.3) is 0 Å². The SMILES string of the molecule is CCC(=O)N1CCc2cc(C(=O)N3CCN(Cc4ccc(Cl)cc4)CC3)ccc21. The van der Waals surface area contributed by atoms with Crippen molar-refractivity contribution in [3.05, 3.63) is 64.2 Å². The number of hydrogen-bond donors (Lipinski definition) is 0. The van der Waals surface area contributed by atoms with Gasteiger partial charge in [-0.2, -0.15) is 0 Å². The van der Waals surface area contributed by atoms with Crippen LogP contribution in [-0.2, 0) is 17.8 Å². The summed E-state index contributed by atoms with van der Waals surface area (Å²) in [5.74, 6) is 0.221. The van der Waals surface area contributed by atoms with Crippen LogP contribution in [-0.4, -0.2) is 54.3 Å². The Morgan fingerprint density at radius 1 is 0.966 bits per heavy atom. The Kier molecular flexibility index (Phi) is 5.88. The van der Waals surface area contributed by atoms with Crippen LogP contribution < -0.4 is 4.90 Å². The van der Waals surface area contributed by atoms with Crippen LogP contribution in [0.15, 0.2) is 42.5 Å². The first-order chi connectivity index (χ1) is 14.0. The highest BCUT2D eigenvalue weighted by Crippen LogP contribution is 2.30. The molecule has 29 heavy (non-hydrogen) atoms. The molecule has 1 saturated heterocycles. The van der Waals surface area contributed by atoms with Gasteiger partial charge in [-0.1, -0.05) is 30.7 Å². The molecule has 0 aliphatic carbocycles. The first-order valence-electron chi connectivity index (χ1n) is 10.2. The van der Waals surface area contributed by atoms with Gasteiger partial charge >= 0.3 is 0 Å². The van der Waals surface area contributed by atoms with E-state index < -0.39 is 0 Å². The molecular formula is C23H26ClN3O2. The smallest absolute Gasteiger partial charge is 0.253 e. The molecule has 0 saturated carbocycles. The van der Waals surface area contributed by atoms with Gasteiger partial charge in [-0.05, 0) is 47.9 Å². The van der Waals surface area contributed by atoms with Gasteiger partial charge in [0.05, 0.1) is 0 Å². The Bertz CT molecular complexity index is 905. The van der Waals surface area contributed by atoms with Gasteiger partial charge in [0.25, 0.3) is 5.91 Å². The first-order valence-corrected chi connectivity index (χ1v) is 10.6. The molecule has 0 spiro atoms. The molecular weight excluding hydrogens is 386 g/mol. The molecule has 2 heterocycles. The summed E-state index contributed by atoms with van der Waals surface area (Å²) in [4.78, 5) is 31.2. The summed E-state index contributed by atoms with van der Waals surface area (Å²) in [6.45, 7) is 6.64. The number of amides is 2. The van der Waals surface area contributed by atoms with Gasteiger partial charge in [-0.25, -0.2) is 0 Å². The number of hydrogen-bond acceptors (Lipinski definition) is 3. The third-order valence-electron chi connectivity index (χ3n) is 5.80. The molecule has 0 bridgehead atoms. The van der Waals surface area contributed by atoms with Crippen LogP contribution in [0.4, 0.5) is 5.69 Å². The molecule has 152 valence electrons. The number of carbonyl (C=O) groups excluding carboxylic acids is 2. The zero-order chi connectivity index (χ0) is 20.4. The molecule has 6 heteroatoms. The minimum atomic E-state index is 0.0826. The topological polar surface area (TPSA) is 43.9 Å². The lowest BCUT2D eigenvalue weighted by Crippen LogP contribution is -2.48. The van der Waals surface area contributed by atoms with Crippen molar-refractivity contribution in [2.45, 2.75) is 26.3 Å². The molecule has 0 unspecified atom stereocenters. The van der Waals surface area contributed by atoms with Gasteiger partial charge in [0.15, 0.2) is 0 Å².